The van der Waals surface area contributed by atoms with Gasteiger partial charge in [-0.1, -0.05) is 11.8 Å². The molecule has 1 heterocycles. The van der Waals surface area contributed by atoms with Crippen LogP contribution in [0.4, 0.5) is 0 Å². The minimum absolute atomic E-state index is 0.184. The van der Waals surface area contributed by atoms with E-state index in [0.717, 1.165) is 28.8 Å². The Hall–Kier alpha value is -0.610. The van der Waals surface area contributed by atoms with E-state index >= 15 is 0 Å². The molecular weight excluding hydrogens is 218 g/mol. The third kappa shape index (κ3) is 5.47. The minimum Gasteiger partial charge on any atom is -0.311 e. The van der Waals surface area contributed by atoms with Gasteiger partial charge in [0.1, 0.15) is 0 Å². The molecule has 0 aliphatic rings. The smallest absolute Gasteiger partial charge is 0.188 e. The summed E-state index contributed by atoms with van der Waals surface area (Å²) in [6.07, 6.45) is 0. The van der Waals surface area contributed by atoms with Gasteiger partial charge in [-0.3, -0.25) is 0 Å². The van der Waals surface area contributed by atoms with Gasteiger partial charge < -0.3 is 5.32 Å². The molecule has 1 rings (SSSR count). The Kier molecular flexibility index (Phi) is 4.74. The second-order valence-electron chi connectivity index (χ2n) is 4.96. The molecule has 0 bridgehead atoms. The summed E-state index contributed by atoms with van der Waals surface area (Å²) in [6, 6.07) is 2.00. The average molecular weight is 239 g/mol. The highest BCUT2D eigenvalue weighted by molar-refractivity contribution is 7.99. The van der Waals surface area contributed by atoms with Crippen LogP contribution in [0.1, 0.15) is 32.2 Å². The number of aromatic nitrogens is 2. The van der Waals surface area contributed by atoms with E-state index < -0.39 is 0 Å². The molecule has 16 heavy (non-hydrogen) atoms. The molecule has 90 valence electrons. The molecule has 0 radical (unpaired) electrons. The first-order valence-electron chi connectivity index (χ1n) is 5.57. The summed E-state index contributed by atoms with van der Waals surface area (Å²) >= 11 is 1.70. The SMILES string of the molecule is Cc1cc(C)nc(SCCNC(C)(C)C)n1. The molecule has 0 spiro atoms. The van der Waals surface area contributed by atoms with Crippen molar-refractivity contribution in [2.75, 3.05) is 12.3 Å². The molecule has 0 atom stereocenters. The number of hydrogen-bond donors (Lipinski definition) is 1. The zero-order chi connectivity index (χ0) is 12.2. The lowest BCUT2D eigenvalue weighted by molar-refractivity contribution is 0.441. The maximum atomic E-state index is 4.39. The molecule has 0 aromatic carbocycles. The van der Waals surface area contributed by atoms with Crippen molar-refractivity contribution >= 4 is 11.8 Å². The predicted octanol–water partition coefficient (Wildman–Crippen LogP) is 2.57. The second kappa shape index (κ2) is 5.64. The van der Waals surface area contributed by atoms with Crippen LogP contribution in [-0.2, 0) is 0 Å². The maximum absolute atomic E-state index is 4.39. The van der Waals surface area contributed by atoms with E-state index in [9.17, 15) is 0 Å². The van der Waals surface area contributed by atoms with Crippen LogP contribution in [0.3, 0.4) is 0 Å². The summed E-state index contributed by atoms with van der Waals surface area (Å²) in [4.78, 5) is 8.78. The van der Waals surface area contributed by atoms with Crippen LogP contribution in [-0.4, -0.2) is 27.8 Å². The van der Waals surface area contributed by atoms with Gasteiger partial charge in [0.25, 0.3) is 0 Å². The van der Waals surface area contributed by atoms with Crippen LogP contribution in [0.15, 0.2) is 11.2 Å². The quantitative estimate of drug-likeness (QED) is 0.498. The van der Waals surface area contributed by atoms with Crippen molar-refractivity contribution in [2.24, 2.45) is 0 Å². The number of nitrogens with zero attached hydrogens (tertiary/aromatic N) is 2. The van der Waals surface area contributed by atoms with Gasteiger partial charge >= 0.3 is 0 Å². The lowest BCUT2D eigenvalue weighted by Crippen LogP contribution is -2.37. The first kappa shape index (κ1) is 13.5. The molecule has 3 nitrogen and oxygen atoms in total. The summed E-state index contributed by atoms with van der Waals surface area (Å²) < 4.78 is 0. The Bertz CT molecular complexity index is 324. The zero-order valence-corrected chi connectivity index (χ0v) is 11.6. The van der Waals surface area contributed by atoms with Gasteiger partial charge in [0.2, 0.25) is 0 Å². The number of hydrogen-bond acceptors (Lipinski definition) is 4. The summed E-state index contributed by atoms with van der Waals surface area (Å²) in [5.41, 5.74) is 2.27. The van der Waals surface area contributed by atoms with Gasteiger partial charge in [0, 0.05) is 29.2 Å². The number of thioether (sulfide) groups is 1. The average Bonchev–Trinajstić information content (AvgIpc) is 2.09. The topological polar surface area (TPSA) is 37.8 Å². The van der Waals surface area contributed by atoms with Crippen molar-refractivity contribution in [1.29, 1.82) is 0 Å². The fourth-order valence-electron chi connectivity index (χ4n) is 1.33. The van der Waals surface area contributed by atoms with Crippen LogP contribution in [0.25, 0.3) is 0 Å². The van der Waals surface area contributed by atoms with Gasteiger partial charge in [-0.2, -0.15) is 0 Å². The Morgan fingerprint density at radius 2 is 1.75 bits per heavy atom. The molecule has 1 aromatic rings. The van der Waals surface area contributed by atoms with E-state index in [2.05, 4.69) is 36.1 Å². The van der Waals surface area contributed by atoms with E-state index in [-0.39, 0.29) is 5.54 Å². The van der Waals surface area contributed by atoms with E-state index in [4.69, 9.17) is 0 Å². The highest BCUT2D eigenvalue weighted by Crippen LogP contribution is 2.13. The van der Waals surface area contributed by atoms with Crippen LogP contribution in [0, 0.1) is 13.8 Å². The standard InChI is InChI=1S/C12H21N3S/c1-9-8-10(2)15-11(14-9)16-7-6-13-12(3,4)5/h8,13H,6-7H2,1-5H3. The third-order valence-corrected chi connectivity index (χ3v) is 2.80. The second-order valence-corrected chi connectivity index (χ2v) is 6.02. The molecule has 0 unspecified atom stereocenters. The molecule has 0 aliphatic heterocycles. The molecular formula is C12H21N3S. The predicted molar refractivity (Wildman–Crippen MR) is 70.0 cm³/mol. The lowest BCUT2D eigenvalue weighted by atomic mass is 10.1. The molecule has 0 fully saturated rings. The Morgan fingerprint density at radius 1 is 1.19 bits per heavy atom. The van der Waals surface area contributed by atoms with E-state index in [0.29, 0.717) is 0 Å². The maximum Gasteiger partial charge on any atom is 0.188 e. The van der Waals surface area contributed by atoms with Gasteiger partial charge in [0.15, 0.2) is 5.16 Å². The van der Waals surface area contributed by atoms with Crippen LogP contribution >= 0.6 is 11.8 Å². The largest absolute Gasteiger partial charge is 0.311 e. The van der Waals surface area contributed by atoms with Crippen molar-refractivity contribution < 1.29 is 0 Å². The van der Waals surface area contributed by atoms with E-state index in [1.165, 1.54) is 0 Å². The molecule has 4 heteroatoms. The zero-order valence-electron chi connectivity index (χ0n) is 10.8. The number of rotatable bonds is 4. The Balaban J connectivity index is 2.37. The Labute approximate surface area is 102 Å². The lowest BCUT2D eigenvalue weighted by Gasteiger charge is -2.20. The number of aryl methyl sites for hydroxylation is 2. The normalized spacial score (nSPS) is 11.8. The minimum atomic E-state index is 0.184. The van der Waals surface area contributed by atoms with Crippen molar-refractivity contribution in [3.63, 3.8) is 0 Å². The van der Waals surface area contributed by atoms with E-state index in [1.807, 2.05) is 19.9 Å². The van der Waals surface area contributed by atoms with Crippen molar-refractivity contribution in [3.8, 4) is 0 Å². The van der Waals surface area contributed by atoms with Gasteiger partial charge in [0.05, 0.1) is 0 Å². The molecule has 0 amide bonds. The van der Waals surface area contributed by atoms with E-state index in [1.54, 1.807) is 11.8 Å². The molecule has 0 aliphatic carbocycles. The van der Waals surface area contributed by atoms with Crippen molar-refractivity contribution in [3.05, 3.63) is 17.5 Å². The van der Waals surface area contributed by atoms with Crippen molar-refractivity contribution in [2.45, 2.75) is 45.3 Å². The summed E-state index contributed by atoms with van der Waals surface area (Å²) in [5.74, 6) is 1.00. The fraction of sp³-hybridized carbons (Fsp3) is 0.667. The molecule has 1 N–H and O–H groups in total. The number of nitrogens with one attached hydrogen (secondary N) is 1. The third-order valence-electron chi connectivity index (χ3n) is 1.95. The first-order valence-corrected chi connectivity index (χ1v) is 6.55. The fourth-order valence-corrected chi connectivity index (χ4v) is 2.13. The summed E-state index contributed by atoms with van der Waals surface area (Å²) in [5, 5.41) is 4.33. The van der Waals surface area contributed by atoms with Crippen molar-refractivity contribution in [1.82, 2.24) is 15.3 Å². The first-order chi connectivity index (χ1) is 7.37. The van der Waals surface area contributed by atoms with Gasteiger partial charge in [-0.25, -0.2) is 9.97 Å². The summed E-state index contributed by atoms with van der Waals surface area (Å²) in [6.45, 7) is 11.5. The monoisotopic (exact) mass is 239 g/mol. The highest BCUT2D eigenvalue weighted by atomic mass is 32.2. The summed E-state index contributed by atoms with van der Waals surface area (Å²) in [7, 11) is 0. The van der Waals surface area contributed by atoms with Gasteiger partial charge in [-0.15, -0.1) is 0 Å². The molecule has 0 saturated heterocycles. The van der Waals surface area contributed by atoms with Gasteiger partial charge in [-0.05, 0) is 40.7 Å². The van der Waals surface area contributed by atoms with Crippen LogP contribution < -0.4 is 5.32 Å². The molecule has 1 aromatic heterocycles. The highest BCUT2D eigenvalue weighted by Gasteiger charge is 2.08. The molecule has 0 saturated carbocycles. The Morgan fingerprint density at radius 3 is 2.25 bits per heavy atom. The van der Waals surface area contributed by atoms with Crippen LogP contribution in [0.2, 0.25) is 0 Å². The van der Waals surface area contributed by atoms with Crippen LogP contribution in [0.5, 0.6) is 0 Å².